The fourth-order valence-corrected chi connectivity index (χ4v) is 1.73. The van der Waals surface area contributed by atoms with Crippen LogP contribution in [0.3, 0.4) is 0 Å². The van der Waals surface area contributed by atoms with E-state index in [2.05, 4.69) is 5.32 Å². The summed E-state index contributed by atoms with van der Waals surface area (Å²) in [7, 11) is 0. The second-order valence-corrected chi connectivity index (χ2v) is 4.55. The van der Waals surface area contributed by atoms with Gasteiger partial charge in [0.2, 0.25) is 0 Å². The summed E-state index contributed by atoms with van der Waals surface area (Å²) in [6.45, 7) is 1.25. The first kappa shape index (κ1) is 17.1. The smallest absolute Gasteiger partial charge is 0.401 e. The fourth-order valence-electron chi connectivity index (χ4n) is 1.73. The number of ether oxygens (including phenoxy) is 1. The van der Waals surface area contributed by atoms with Crippen LogP contribution in [0, 0.1) is 0 Å². The number of esters is 1. The number of rotatable bonds is 5. The molecule has 0 spiro atoms. The minimum atomic E-state index is -4.54. The van der Waals surface area contributed by atoms with E-state index in [0.717, 1.165) is 18.2 Å². The molecule has 0 saturated heterocycles. The molecule has 1 rings (SSSR count). The van der Waals surface area contributed by atoms with Crippen molar-refractivity contribution in [2.75, 3.05) is 13.2 Å². The fraction of sp³-hybridized carbons (Fsp3) is 0.462. The van der Waals surface area contributed by atoms with Gasteiger partial charge in [-0.25, -0.2) is 4.79 Å². The highest BCUT2D eigenvalue weighted by Crippen LogP contribution is 2.30. The summed E-state index contributed by atoms with van der Waals surface area (Å²) in [5, 5.41) is 20.9. The van der Waals surface area contributed by atoms with Gasteiger partial charge in [-0.3, -0.25) is 5.32 Å². The summed E-state index contributed by atoms with van der Waals surface area (Å²) < 4.78 is 42.0. The number of phenolic OH excluding ortho intramolecular Hbond substituents is 2. The zero-order chi connectivity index (χ0) is 16.3. The summed E-state index contributed by atoms with van der Waals surface area (Å²) in [4.78, 5) is 12.0. The van der Waals surface area contributed by atoms with Crippen molar-refractivity contribution < 1.29 is 32.9 Å². The van der Waals surface area contributed by atoms with Crippen LogP contribution in [0.2, 0.25) is 0 Å². The van der Waals surface area contributed by atoms with Gasteiger partial charge in [-0.2, -0.15) is 13.2 Å². The molecule has 3 N–H and O–H groups in total. The molecule has 0 heterocycles. The second kappa shape index (κ2) is 6.21. The van der Waals surface area contributed by atoms with E-state index in [1.165, 1.54) is 13.8 Å². The monoisotopic (exact) mass is 307 g/mol. The molecule has 0 aromatic heterocycles. The topological polar surface area (TPSA) is 78.8 Å². The summed E-state index contributed by atoms with van der Waals surface area (Å²) in [5.41, 5.74) is -1.90. The highest BCUT2D eigenvalue weighted by Gasteiger charge is 2.40. The Morgan fingerprint density at radius 3 is 2.19 bits per heavy atom. The van der Waals surface area contributed by atoms with Crippen molar-refractivity contribution in [3.05, 3.63) is 23.8 Å². The van der Waals surface area contributed by atoms with E-state index in [-0.39, 0.29) is 23.7 Å². The molecule has 1 aromatic rings. The normalized spacial score (nSPS) is 14.5. The average Bonchev–Trinajstić information content (AvgIpc) is 2.34. The molecule has 0 amide bonds. The number of hydrogen-bond donors (Lipinski definition) is 3. The van der Waals surface area contributed by atoms with Crippen LogP contribution < -0.4 is 5.32 Å². The summed E-state index contributed by atoms with van der Waals surface area (Å²) >= 11 is 0. The van der Waals surface area contributed by atoms with Gasteiger partial charge in [-0.15, -0.1) is 0 Å². The van der Waals surface area contributed by atoms with Crippen molar-refractivity contribution >= 4 is 5.97 Å². The number of halogens is 3. The van der Waals surface area contributed by atoms with Crippen molar-refractivity contribution in [1.82, 2.24) is 5.32 Å². The molecule has 1 unspecified atom stereocenters. The lowest BCUT2D eigenvalue weighted by Gasteiger charge is -2.29. The number of carbonyl (C=O) groups excluding carboxylic acids is 1. The predicted octanol–water partition coefficient (Wildman–Crippen LogP) is 2.03. The predicted molar refractivity (Wildman–Crippen MR) is 67.8 cm³/mol. The first-order valence-electron chi connectivity index (χ1n) is 6.11. The van der Waals surface area contributed by atoms with Crippen LogP contribution in [0.5, 0.6) is 11.5 Å². The second-order valence-electron chi connectivity index (χ2n) is 4.55. The molecule has 1 atom stereocenters. The Labute approximate surface area is 119 Å². The van der Waals surface area contributed by atoms with Gasteiger partial charge in [0, 0.05) is 6.07 Å². The minimum absolute atomic E-state index is 0.0209. The Bertz CT molecular complexity index is 498. The molecule has 1 aromatic carbocycles. The summed E-state index contributed by atoms with van der Waals surface area (Å²) in [6, 6.07) is 3.17. The number of nitrogens with one attached hydrogen (secondary N) is 1. The quantitative estimate of drug-likeness (QED) is 0.725. The summed E-state index contributed by atoms with van der Waals surface area (Å²) in [5.74, 6) is -1.71. The van der Waals surface area contributed by atoms with Gasteiger partial charge in [0.15, 0.2) is 0 Å². The molecule has 21 heavy (non-hydrogen) atoms. The molecular weight excluding hydrogens is 291 g/mol. The van der Waals surface area contributed by atoms with Crippen LogP contribution in [0.15, 0.2) is 18.2 Å². The van der Waals surface area contributed by atoms with Crippen LogP contribution in [0.1, 0.15) is 19.4 Å². The highest BCUT2D eigenvalue weighted by atomic mass is 19.4. The molecule has 0 aliphatic rings. The number of hydrogen-bond acceptors (Lipinski definition) is 5. The molecular formula is C13H16F3NO4. The first-order chi connectivity index (χ1) is 9.58. The van der Waals surface area contributed by atoms with Gasteiger partial charge in [0.05, 0.1) is 13.2 Å². The van der Waals surface area contributed by atoms with Crippen molar-refractivity contribution in [2.45, 2.75) is 25.6 Å². The zero-order valence-corrected chi connectivity index (χ0v) is 11.5. The van der Waals surface area contributed by atoms with Crippen molar-refractivity contribution in [3.8, 4) is 11.5 Å². The molecule has 0 bridgehead atoms. The molecule has 8 heteroatoms. The van der Waals surface area contributed by atoms with E-state index in [1.54, 1.807) is 0 Å². The SMILES string of the molecule is CCOC(=O)C(C)(NCC(F)(F)F)c1cc(O)cc(O)c1. The molecule has 0 radical (unpaired) electrons. The molecule has 5 nitrogen and oxygen atoms in total. The maximum absolute atomic E-state index is 12.4. The maximum Gasteiger partial charge on any atom is 0.401 e. The Balaban J connectivity index is 3.20. The zero-order valence-electron chi connectivity index (χ0n) is 11.5. The third-order valence-corrected chi connectivity index (χ3v) is 2.81. The third-order valence-electron chi connectivity index (χ3n) is 2.81. The third kappa shape index (κ3) is 4.52. The van der Waals surface area contributed by atoms with Crippen LogP contribution >= 0.6 is 0 Å². The summed E-state index contributed by atoms with van der Waals surface area (Å²) in [6.07, 6.45) is -4.54. The van der Waals surface area contributed by atoms with Crippen LogP contribution in [-0.4, -0.2) is 35.5 Å². The van der Waals surface area contributed by atoms with E-state index in [1.807, 2.05) is 0 Å². The lowest BCUT2D eigenvalue weighted by atomic mass is 9.91. The number of alkyl halides is 3. The Kier molecular flexibility index (Phi) is 5.06. The van der Waals surface area contributed by atoms with Gasteiger partial charge in [0.25, 0.3) is 0 Å². The Hall–Kier alpha value is -1.96. The molecule has 0 fully saturated rings. The van der Waals surface area contributed by atoms with E-state index < -0.39 is 24.2 Å². The maximum atomic E-state index is 12.4. The van der Waals surface area contributed by atoms with Crippen molar-refractivity contribution in [1.29, 1.82) is 0 Å². The molecule has 0 aliphatic carbocycles. The molecule has 0 saturated carbocycles. The largest absolute Gasteiger partial charge is 0.508 e. The lowest BCUT2D eigenvalue weighted by molar-refractivity contribution is -0.155. The minimum Gasteiger partial charge on any atom is -0.508 e. The van der Waals surface area contributed by atoms with E-state index in [0.29, 0.717) is 0 Å². The van der Waals surface area contributed by atoms with Crippen LogP contribution in [-0.2, 0) is 15.1 Å². The van der Waals surface area contributed by atoms with Crippen molar-refractivity contribution in [2.24, 2.45) is 0 Å². The van der Waals surface area contributed by atoms with Crippen molar-refractivity contribution in [3.63, 3.8) is 0 Å². The Morgan fingerprint density at radius 1 is 1.24 bits per heavy atom. The van der Waals surface area contributed by atoms with Crippen LogP contribution in [0.25, 0.3) is 0 Å². The average molecular weight is 307 g/mol. The number of aromatic hydroxyl groups is 2. The number of phenols is 2. The van der Waals surface area contributed by atoms with E-state index in [9.17, 15) is 28.2 Å². The van der Waals surface area contributed by atoms with Crippen LogP contribution in [0.4, 0.5) is 13.2 Å². The van der Waals surface area contributed by atoms with Gasteiger partial charge in [-0.05, 0) is 31.5 Å². The Morgan fingerprint density at radius 2 is 1.76 bits per heavy atom. The number of carbonyl (C=O) groups is 1. The molecule has 0 aliphatic heterocycles. The van der Waals surface area contributed by atoms with E-state index >= 15 is 0 Å². The first-order valence-corrected chi connectivity index (χ1v) is 6.11. The molecule has 118 valence electrons. The highest BCUT2D eigenvalue weighted by molar-refractivity contribution is 5.82. The van der Waals surface area contributed by atoms with Gasteiger partial charge in [0.1, 0.15) is 17.0 Å². The van der Waals surface area contributed by atoms with E-state index in [4.69, 9.17) is 4.74 Å². The van der Waals surface area contributed by atoms with Gasteiger partial charge < -0.3 is 14.9 Å². The van der Waals surface area contributed by atoms with Gasteiger partial charge in [-0.1, -0.05) is 0 Å². The van der Waals surface area contributed by atoms with Gasteiger partial charge >= 0.3 is 12.1 Å². The standard InChI is InChI=1S/C13H16F3NO4/c1-3-21-11(20)12(2,17-7-13(14,15)16)8-4-9(18)6-10(19)5-8/h4-6,17-19H,3,7H2,1-2H3. The lowest BCUT2D eigenvalue weighted by Crippen LogP contribution is -2.50. The number of benzene rings is 1.